The fourth-order valence-electron chi connectivity index (χ4n) is 2.70. The average molecular weight is 224 g/mol. The Bertz CT molecular complexity index is 245. The van der Waals surface area contributed by atoms with Gasteiger partial charge in [-0.3, -0.25) is 4.90 Å². The van der Waals surface area contributed by atoms with Crippen LogP contribution in [0.5, 0.6) is 0 Å². The first-order chi connectivity index (χ1) is 7.60. The monoisotopic (exact) mass is 224 g/mol. The number of nitrogens with zero attached hydrogens (tertiary/aromatic N) is 2. The van der Waals surface area contributed by atoms with Crippen molar-refractivity contribution >= 4 is 0 Å². The molecule has 92 valence electrons. The van der Waals surface area contributed by atoms with Gasteiger partial charge in [-0.1, -0.05) is 0 Å². The molecule has 0 aromatic rings. The van der Waals surface area contributed by atoms with E-state index in [0.29, 0.717) is 5.92 Å². The smallest absolute Gasteiger partial charge is 0.0624 e. The van der Waals surface area contributed by atoms with Crippen LogP contribution >= 0.6 is 0 Å². The third-order valence-corrected chi connectivity index (χ3v) is 3.61. The van der Waals surface area contributed by atoms with Crippen LogP contribution in [0, 0.1) is 17.2 Å². The number of likely N-dealkylation sites (tertiary alicyclic amines) is 1. The van der Waals surface area contributed by atoms with Crippen LogP contribution in [0.3, 0.4) is 0 Å². The molecule has 0 radical (unpaired) electrons. The van der Waals surface area contributed by atoms with E-state index in [9.17, 15) is 0 Å². The Morgan fingerprint density at radius 1 is 1.50 bits per heavy atom. The molecule has 3 heteroatoms. The molecule has 16 heavy (non-hydrogen) atoms. The molecule has 3 nitrogen and oxygen atoms in total. The Morgan fingerprint density at radius 2 is 2.25 bits per heavy atom. The number of ether oxygens (including phenoxy) is 1. The van der Waals surface area contributed by atoms with Crippen LogP contribution in [-0.2, 0) is 4.74 Å². The second kappa shape index (κ2) is 6.22. The number of hydrogen-bond donors (Lipinski definition) is 0. The van der Waals surface area contributed by atoms with Gasteiger partial charge in [0.05, 0.1) is 6.07 Å². The van der Waals surface area contributed by atoms with Gasteiger partial charge in [-0.25, -0.2) is 0 Å². The van der Waals surface area contributed by atoms with Gasteiger partial charge in [-0.05, 0) is 45.6 Å². The molecule has 0 aromatic carbocycles. The number of piperidine rings is 1. The van der Waals surface area contributed by atoms with Crippen molar-refractivity contribution in [2.75, 3.05) is 26.8 Å². The zero-order valence-electron chi connectivity index (χ0n) is 10.8. The van der Waals surface area contributed by atoms with Crippen molar-refractivity contribution in [2.24, 2.45) is 5.92 Å². The van der Waals surface area contributed by atoms with Gasteiger partial charge in [0.25, 0.3) is 0 Å². The van der Waals surface area contributed by atoms with Crippen molar-refractivity contribution in [1.82, 2.24) is 4.90 Å². The molecule has 1 rings (SSSR count). The molecule has 1 unspecified atom stereocenters. The van der Waals surface area contributed by atoms with E-state index in [0.717, 1.165) is 39.0 Å². The van der Waals surface area contributed by atoms with Crippen molar-refractivity contribution in [3.63, 3.8) is 0 Å². The maximum Gasteiger partial charge on any atom is 0.0624 e. The van der Waals surface area contributed by atoms with E-state index in [1.165, 1.54) is 6.42 Å². The molecule has 1 atom stereocenters. The van der Waals surface area contributed by atoms with Gasteiger partial charge >= 0.3 is 0 Å². The van der Waals surface area contributed by atoms with Crippen LogP contribution in [0.2, 0.25) is 0 Å². The summed E-state index contributed by atoms with van der Waals surface area (Å²) >= 11 is 0. The van der Waals surface area contributed by atoms with E-state index in [4.69, 9.17) is 10.00 Å². The lowest BCUT2D eigenvalue weighted by Crippen LogP contribution is -2.50. The van der Waals surface area contributed by atoms with E-state index < -0.39 is 0 Å². The fraction of sp³-hybridized carbons (Fsp3) is 0.923. The van der Waals surface area contributed by atoms with Crippen LogP contribution in [0.1, 0.15) is 39.5 Å². The van der Waals surface area contributed by atoms with Crippen molar-refractivity contribution in [2.45, 2.75) is 45.1 Å². The molecule has 0 bridgehead atoms. The predicted octanol–water partition coefficient (Wildman–Crippen LogP) is 2.43. The van der Waals surface area contributed by atoms with Crippen LogP contribution < -0.4 is 0 Å². The molecule has 1 aliphatic heterocycles. The molecule has 1 heterocycles. The highest BCUT2D eigenvalue weighted by molar-refractivity contribution is 4.92. The molecule has 0 aliphatic carbocycles. The van der Waals surface area contributed by atoms with Crippen molar-refractivity contribution in [1.29, 1.82) is 5.26 Å². The van der Waals surface area contributed by atoms with E-state index >= 15 is 0 Å². The van der Waals surface area contributed by atoms with Crippen molar-refractivity contribution < 1.29 is 4.74 Å². The maximum absolute atomic E-state index is 8.75. The van der Waals surface area contributed by atoms with E-state index in [2.05, 4.69) is 24.8 Å². The molecule has 0 saturated carbocycles. The lowest BCUT2D eigenvalue weighted by Gasteiger charge is -2.45. The Morgan fingerprint density at radius 3 is 2.81 bits per heavy atom. The Balaban J connectivity index is 2.41. The first-order valence-corrected chi connectivity index (χ1v) is 6.21. The average Bonchev–Trinajstić information content (AvgIpc) is 2.21. The Hall–Kier alpha value is -0.590. The maximum atomic E-state index is 8.75. The van der Waals surface area contributed by atoms with Gasteiger partial charge in [0.1, 0.15) is 0 Å². The Kier molecular flexibility index (Phi) is 5.24. The summed E-state index contributed by atoms with van der Waals surface area (Å²) in [6.07, 6.45) is 4.13. The lowest BCUT2D eigenvalue weighted by atomic mass is 9.81. The minimum atomic E-state index is 0.244. The zero-order chi connectivity index (χ0) is 12.0. The molecular weight excluding hydrogens is 200 g/mol. The largest absolute Gasteiger partial charge is 0.385 e. The van der Waals surface area contributed by atoms with Gasteiger partial charge in [0.2, 0.25) is 0 Å². The van der Waals surface area contributed by atoms with E-state index in [1.54, 1.807) is 7.11 Å². The summed E-state index contributed by atoms with van der Waals surface area (Å²) in [7, 11) is 1.75. The van der Waals surface area contributed by atoms with Crippen LogP contribution in [0.15, 0.2) is 0 Å². The number of rotatable bonds is 5. The van der Waals surface area contributed by atoms with Crippen LogP contribution in [0.25, 0.3) is 0 Å². The van der Waals surface area contributed by atoms with E-state index in [1.807, 2.05) is 0 Å². The number of methoxy groups -OCH3 is 1. The summed E-state index contributed by atoms with van der Waals surface area (Å²) in [5.41, 5.74) is 0.244. The van der Waals surface area contributed by atoms with Gasteiger partial charge in [0.15, 0.2) is 0 Å². The second-order valence-corrected chi connectivity index (χ2v) is 5.37. The topological polar surface area (TPSA) is 36.3 Å². The third kappa shape index (κ3) is 3.77. The third-order valence-electron chi connectivity index (χ3n) is 3.61. The summed E-state index contributed by atoms with van der Waals surface area (Å²) in [5, 5.41) is 8.75. The predicted molar refractivity (Wildman–Crippen MR) is 65.1 cm³/mol. The normalized spacial score (nSPS) is 25.2. The zero-order valence-corrected chi connectivity index (χ0v) is 10.8. The molecule has 0 aromatic heterocycles. The number of hydrogen-bond acceptors (Lipinski definition) is 3. The molecule has 1 aliphatic rings. The van der Waals surface area contributed by atoms with Gasteiger partial charge in [-0.15, -0.1) is 0 Å². The van der Waals surface area contributed by atoms with Gasteiger partial charge < -0.3 is 4.74 Å². The summed E-state index contributed by atoms with van der Waals surface area (Å²) < 4.78 is 5.09. The first kappa shape index (κ1) is 13.5. The highest BCUT2D eigenvalue weighted by atomic mass is 16.5. The highest BCUT2D eigenvalue weighted by Crippen LogP contribution is 2.32. The van der Waals surface area contributed by atoms with Gasteiger partial charge in [-0.2, -0.15) is 5.26 Å². The molecule has 0 spiro atoms. The summed E-state index contributed by atoms with van der Waals surface area (Å²) in [6.45, 7) is 7.67. The summed E-state index contributed by atoms with van der Waals surface area (Å²) in [5.74, 6) is 0.596. The molecular formula is C13H24N2O. The fourth-order valence-corrected chi connectivity index (χ4v) is 2.70. The van der Waals surface area contributed by atoms with Gasteiger partial charge in [0, 0.05) is 32.2 Å². The SMILES string of the molecule is COCCCN1CCC(CC#N)CC1(C)C. The minimum Gasteiger partial charge on any atom is -0.385 e. The highest BCUT2D eigenvalue weighted by Gasteiger charge is 2.33. The van der Waals surface area contributed by atoms with Crippen molar-refractivity contribution in [3.8, 4) is 6.07 Å². The van der Waals surface area contributed by atoms with Crippen LogP contribution in [-0.4, -0.2) is 37.2 Å². The molecule has 1 saturated heterocycles. The Labute approximate surface area is 99.4 Å². The van der Waals surface area contributed by atoms with E-state index in [-0.39, 0.29) is 5.54 Å². The first-order valence-electron chi connectivity index (χ1n) is 6.21. The number of nitriles is 1. The molecule has 0 N–H and O–H groups in total. The lowest BCUT2D eigenvalue weighted by molar-refractivity contribution is 0.0401. The second-order valence-electron chi connectivity index (χ2n) is 5.37. The minimum absolute atomic E-state index is 0.244. The molecule has 0 amide bonds. The summed E-state index contributed by atoms with van der Waals surface area (Å²) in [4.78, 5) is 2.54. The quantitative estimate of drug-likeness (QED) is 0.673. The standard InChI is InChI=1S/C13H24N2O/c1-13(2)11-12(5-7-14)6-9-15(13)8-4-10-16-3/h12H,4-6,8-11H2,1-3H3. The molecule has 1 fully saturated rings. The van der Waals surface area contributed by atoms with Crippen molar-refractivity contribution in [3.05, 3.63) is 0 Å². The summed E-state index contributed by atoms with van der Waals surface area (Å²) in [6, 6.07) is 2.30. The van der Waals surface area contributed by atoms with Crippen LogP contribution in [0.4, 0.5) is 0 Å².